The highest BCUT2D eigenvalue weighted by Crippen LogP contribution is 2.24. The van der Waals surface area contributed by atoms with Crippen LogP contribution in [-0.4, -0.2) is 32.7 Å². The second-order valence-corrected chi connectivity index (χ2v) is 8.57. The molecule has 1 aromatic heterocycles. The van der Waals surface area contributed by atoms with Crippen LogP contribution in [0.4, 0.5) is 9.18 Å². The molecule has 0 radical (unpaired) electrons. The Kier molecular flexibility index (Phi) is 5.17. The largest absolute Gasteiger partial charge is 0.444 e. The number of benzene rings is 2. The van der Waals surface area contributed by atoms with Gasteiger partial charge in [-0.25, -0.2) is 14.2 Å². The molecule has 7 heteroatoms. The fraction of sp³-hybridized carbons (Fsp3) is 0.304. The van der Waals surface area contributed by atoms with Crippen LogP contribution in [0.15, 0.2) is 36.4 Å². The van der Waals surface area contributed by atoms with Crippen molar-refractivity contribution in [2.24, 2.45) is 0 Å². The lowest BCUT2D eigenvalue weighted by Gasteiger charge is -2.30. The predicted octanol–water partition coefficient (Wildman–Crippen LogP) is 4.98. The van der Waals surface area contributed by atoms with Crippen molar-refractivity contribution in [2.45, 2.75) is 39.5 Å². The van der Waals surface area contributed by atoms with Gasteiger partial charge < -0.3 is 9.30 Å². The van der Waals surface area contributed by atoms with E-state index in [0.29, 0.717) is 30.2 Å². The third-order valence-electron chi connectivity index (χ3n) is 4.70. The second kappa shape index (κ2) is 7.66. The van der Waals surface area contributed by atoms with E-state index >= 15 is 0 Å². The normalized spacial score (nSPS) is 13.6. The highest BCUT2D eigenvalue weighted by molar-refractivity contribution is 6.30. The fourth-order valence-corrected chi connectivity index (χ4v) is 3.50. The number of halogens is 2. The number of hydrogen-bond donors (Lipinski definition) is 0. The molecular weight excluding hydrogens is 405 g/mol. The summed E-state index contributed by atoms with van der Waals surface area (Å²) in [5.41, 5.74) is 2.11. The number of ether oxygens (including phenoxy) is 1. The van der Waals surface area contributed by atoms with Crippen LogP contribution in [0.25, 0.3) is 11.0 Å². The van der Waals surface area contributed by atoms with E-state index in [1.54, 1.807) is 17.0 Å². The molecule has 0 fully saturated rings. The number of carbonyl (C=O) groups is 1. The van der Waals surface area contributed by atoms with Gasteiger partial charge in [-0.1, -0.05) is 29.5 Å². The quantitative estimate of drug-likeness (QED) is 0.477. The molecule has 1 aliphatic heterocycles. The van der Waals surface area contributed by atoms with E-state index in [0.717, 1.165) is 16.9 Å². The number of rotatable bonds is 0. The maximum absolute atomic E-state index is 14.0. The zero-order valence-corrected chi connectivity index (χ0v) is 17.8. The minimum Gasteiger partial charge on any atom is -0.444 e. The zero-order chi connectivity index (χ0) is 21.5. The molecule has 0 saturated carbocycles. The van der Waals surface area contributed by atoms with Crippen molar-refractivity contribution < 1.29 is 13.9 Å². The number of imidazole rings is 1. The number of amides is 1. The minimum absolute atomic E-state index is 0.275. The van der Waals surface area contributed by atoms with E-state index in [1.165, 1.54) is 6.07 Å². The summed E-state index contributed by atoms with van der Waals surface area (Å²) in [6, 6.07) is 10.1. The Hall–Kier alpha value is -3.04. The van der Waals surface area contributed by atoms with Crippen LogP contribution in [0, 0.1) is 17.7 Å². The van der Waals surface area contributed by atoms with Gasteiger partial charge >= 0.3 is 6.09 Å². The van der Waals surface area contributed by atoms with Gasteiger partial charge in [0.1, 0.15) is 22.8 Å². The van der Waals surface area contributed by atoms with E-state index in [9.17, 15) is 9.18 Å². The van der Waals surface area contributed by atoms with Gasteiger partial charge in [0.2, 0.25) is 0 Å². The van der Waals surface area contributed by atoms with Crippen LogP contribution in [0.1, 0.15) is 37.7 Å². The molecule has 0 bridgehead atoms. The SMILES string of the molecule is CC(C)(C)OC(=O)N1CCn2c(nc3c(C#Cc4ccc(Cl)cc4F)cccc32)C1. The molecule has 2 aromatic carbocycles. The Morgan fingerprint density at radius 3 is 2.67 bits per heavy atom. The topological polar surface area (TPSA) is 47.4 Å². The molecule has 0 aliphatic carbocycles. The molecule has 0 atom stereocenters. The van der Waals surface area contributed by atoms with E-state index < -0.39 is 11.4 Å². The number of hydrogen-bond acceptors (Lipinski definition) is 3. The minimum atomic E-state index is -0.547. The fourth-order valence-electron chi connectivity index (χ4n) is 3.34. The summed E-state index contributed by atoms with van der Waals surface area (Å²) >= 11 is 5.80. The second-order valence-electron chi connectivity index (χ2n) is 8.13. The first-order valence-electron chi connectivity index (χ1n) is 9.64. The third kappa shape index (κ3) is 4.12. The predicted molar refractivity (Wildman–Crippen MR) is 114 cm³/mol. The van der Waals surface area contributed by atoms with Crippen molar-refractivity contribution in [3.8, 4) is 11.8 Å². The Morgan fingerprint density at radius 2 is 1.93 bits per heavy atom. The van der Waals surface area contributed by atoms with Gasteiger partial charge in [0.05, 0.1) is 23.2 Å². The monoisotopic (exact) mass is 425 g/mol. The smallest absolute Gasteiger partial charge is 0.410 e. The van der Waals surface area contributed by atoms with Crippen molar-refractivity contribution in [3.63, 3.8) is 0 Å². The maximum Gasteiger partial charge on any atom is 0.410 e. The summed E-state index contributed by atoms with van der Waals surface area (Å²) < 4.78 is 21.6. The molecular formula is C23H21ClFN3O2. The van der Waals surface area contributed by atoms with Crippen LogP contribution >= 0.6 is 11.6 Å². The Balaban J connectivity index is 1.65. The summed E-state index contributed by atoms with van der Waals surface area (Å²) in [5.74, 6) is 6.20. The van der Waals surface area contributed by atoms with Gasteiger partial charge in [-0.2, -0.15) is 0 Å². The van der Waals surface area contributed by atoms with Crippen molar-refractivity contribution in [1.29, 1.82) is 0 Å². The summed E-state index contributed by atoms with van der Waals surface area (Å²) in [7, 11) is 0. The van der Waals surface area contributed by atoms with Crippen molar-refractivity contribution in [1.82, 2.24) is 14.5 Å². The van der Waals surface area contributed by atoms with E-state index in [-0.39, 0.29) is 11.7 Å². The van der Waals surface area contributed by atoms with Crippen LogP contribution < -0.4 is 0 Å². The lowest BCUT2D eigenvalue weighted by atomic mass is 10.1. The van der Waals surface area contributed by atoms with Crippen molar-refractivity contribution in [3.05, 3.63) is 64.2 Å². The van der Waals surface area contributed by atoms with Crippen LogP contribution in [0.5, 0.6) is 0 Å². The summed E-state index contributed by atoms with van der Waals surface area (Å²) in [6.45, 7) is 7.06. The first kappa shape index (κ1) is 20.2. The molecule has 1 aliphatic rings. The number of aromatic nitrogens is 2. The molecule has 0 saturated heterocycles. The molecule has 4 rings (SSSR count). The summed E-state index contributed by atoms with van der Waals surface area (Å²) in [5, 5.41) is 0.330. The first-order valence-corrected chi connectivity index (χ1v) is 10.0. The van der Waals surface area contributed by atoms with Crippen molar-refractivity contribution >= 4 is 28.7 Å². The Morgan fingerprint density at radius 1 is 1.17 bits per heavy atom. The first-order chi connectivity index (χ1) is 14.2. The average molecular weight is 426 g/mol. The van der Waals surface area contributed by atoms with Crippen LogP contribution in [-0.2, 0) is 17.8 Å². The maximum atomic E-state index is 14.0. The molecule has 0 unspecified atom stereocenters. The Labute approximate surface area is 179 Å². The zero-order valence-electron chi connectivity index (χ0n) is 17.0. The highest BCUT2D eigenvalue weighted by Gasteiger charge is 2.27. The summed E-state index contributed by atoms with van der Waals surface area (Å²) in [4.78, 5) is 18.8. The third-order valence-corrected chi connectivity index (χ3v) is 4.93. The van der Waals surface area contributed by atoms with Gasteiger partial charge in [0.15, 0.2) is 0 Å². The average Bonchev–Trinajstić information content (AvgIpc) is 3.04. The standard InChI is InChI=1S/C23H21ClFN3O2/c1-23(2,3)30-22(29)27-11-12-28-19-6-4-5-16(21(19)26-20(28)14-27)8-7-15-9-10-17(24)13-18(15)25/h4-6,9-10,13H,11-12,14H2,1-3H3. The van der Waals surface area contributed by atoms with E-state index in [2.05, 4.69) is 16.4 Å². The van der Waals surface area contributed by atoms with Gasteiger partial charge in [-0.3, -0.25) is 4.90 Å². The lowest BCUT2D eigenvalue weighted by molar-refractivity contribution is 0.0196. The molecule has 0 spiro atoms. The van der Waals surface area contributed by atoms with Gasteiger partial charge in [0.25, 0.3) is 0 Å². The van der Waals surface area contributed by atoms with Crippen LogP contribution in [0.3, 0.4) is 0 Å². The summed E-state index contributed by atoms with van der Waals surface area (Å²) in [6.07, 6.45) is -0.348. The number of carbonyl (C=O) groups excluding carboxylic acids is 1. The number of nitrogens with zero attached hydrogens (tertiary/aromatic N) is 3. The number of para-hydroxylation sites is 1. The van der Waals surface area contributed by atoms with Crippen LogP contribution in [0.2, 0.25) is 5.02 Å². The molecule has 30 heavy (non-hydrogen) atoms. The molecule has 154 valence electrons. The van der Waals surface area contributed by atoms with Gasteiger partial charge in [-0.15, -0.1) is 0 Å². The van der Waals surface area contributed by atoms with E-state index in [4.69, 9.17) is 21.3 Å². The molecule has 3 aromatic rings. The number of fused-ring (bicyclic) bond motifs is 3. The lowest BCUT2D eigenvalue weighted by Crippen LogP contribution is -2.41. The van der Waals surface area contributed by atoms with E-state index in [1.807, 2.05) is 39.0 Å². The highest BCUT2D eigenvalue weighted by atomic mass is 35.5. The molecule has 2 heterocycles. The Bertz CT molecular complexity index is 1200. The van der Waals surface area contributed by atoms with Gasteiger partial charge in [-0.05, 0) is 51.1 Å². The van der Waals surface area contributed by atoms with Gasteiger partial charge in [0, 0.05) is 18.1 Å². The molecule has 5 nitrogen and oxygen atoms in total. The molecule has 0 N–H and O–H groups in total. The molecule has 1 amide bonds. The van der Waals surface area contributed by atoms with Crippen molar-refractivity contribution in [2.75, 3.05) is 6.54 Å².